The molecular formula is C14H8ClNOOs. The molecule has 18 heavy (non-hydrogen) atoms. The Morgan fingerprint density at radius 1 is 1.17 bits per heavy atom. The van der Waals surface area contributed by atoms with Crippen LogP contribution in [0.5, 0.6) is 0 Å². The van der Waals surface area contributed by atoms with Gasteiger partial charge in [0.1, 0.15) is 0 Å². The molecule has 0 saturated heterocycles. The van der Waals surface area contributed by atoms with Crippen molar-refractivity contribution in [3.63, 3.8) is 0 Å². The fourth-order valence-electron chi connectivity index (χ4n) is 1.60. The van der Waals surface area contributed by atoms with Crippen LogP contribution in [0.2, 0.25) is 5.02 Å². The van der Waals surface area contributed by atoms with Gasteiger partial charge in [-0.05, 0) is 0 Å². The molecule has 0 N–H and O–H groups in total. The van der Waals surface area contributed by atoms with E-state index in [-0.39, 0.29) is 0 Å². The second-order valence-corrected chi connectivity index (χ2v) is 5.35. The summed E-state index contributed by atoms with van der Waals surface area (Å²) in [4.78, 5) is 0. The van der Waals surface area contributed by atoms with E-state index < -0.39 is 16.9 Å². The van der Waals surface area contributed by atoms with Gasteiger partial charge in [-0.15, -0.1) is 0 Å². The van der Waals surface area contributed by atoms with Gasteiger partial charge in [0.15, 0.2) is 0 Å². The summed E-state index contributed by atoms with van der Waals surface area (Å²) in [6.45, 7) is 0. The van der Waals surface area contributed by atoms with Crippen molar-refractivity contribution < 1.29 is 20.4 Å². The molecule has 2 aromatic carbocycles. The second kappa shape index (κ2) is 5.92. The van der Waals surface area contributed by atoms with Crippen molar-refractivity contribution in [2.24, 2.45) is 0 Å². The van der Waals surface area contributed by atoms with Gasteiger partial charge in [-0.2, -0.15) is 0 Å². The van der Waals surface area contributed by atoms with Crippen LogP contribution in [-0.2, 0) is 20.4 Å². The first-order chi connectivity index (χ1) is 8.74. The van der Waals surface area contributed by atoms with Crippen molar-refractivity contribution in [1.82, 2.24) is 0 Å². The van der Waals surface area contributed by atoms with Crippen molar-refractivity contribution >= 4 is 16.2 Å². The molecule has 2 nitrogen and oxygen atoms in total. The number of rotatable bonds is 2. The fraction of sp³-hybridized carbons (Fsp3) is 0. The van der Waals surface area contributed by atoms with Gasteiger partial charge in [0.25, 0.3) is 0 Å². The van der Waals surface area contributed by atoms with E-state index in [4.69, 9.17) is 16.9 Å². The van der Waals surface area contributed by atoms with E-state index in [0.717, 1.165) is 16.7 Å². The molecule has 0 unspecified atom stereocenters. The van der Waals surface area contributed by atoms with Crippen LogP contribution in [0.3, 0.4) is 0 Å². The summed E-state index contributed by atoms with van der Waals surface area (Å²) in [6.07, 6.45) is 0. The Morgan fingerprint density at radius 3 is 2.44 bits per heavy atom. The summed E-state index contributed by atoms with van der Waals surface area (Å²) >= 11 is 4.83. The van der Waals surface area contributed by atoms with Crippen LogP contribution >= 0.6 is 11.6 Å². The van der Waals surface area contributed by atoms with Crippen molar-refractivity contribution in [1.29, 1.82) is 5.26 Å². The predicted molar refractivity (Wildman–Crippen MR) is 67.5 cm³/mol. The monoisotopic (exact) mass is 433 g/mol. The first kappa shape index (κ1) is 13.0. The zero-order valence-electron chi connectivity index (χ0n) is 9.21. The standard InChI is InChI=1S/C14H8ClN.O.Os/c1-10-2-5-12(6-3-10)13-7-4-11(9-16)8-14(13)15;;/h1-8H;;. The van der Waals surface area contributed by atoms with Crippen LogP contribution < -0.4 is 0 Å². The molecule has 0 fully saturated rings. The molecule has 0 saturated carbocycles. The molecule has 0 aliphatic heterocycles. The molecule has 2 aromatic rings. The molecule has 90 valence electrons. The summed E-state index contributed by atoms with van der Waals surface area (Å²) < 4.78 is 12.4. The van der Waals surface area contributed by atoms with Crippen molar-refractivity contribution in [2.75, 3.05) is 0 Å². The van der Waals surface area contributed by atoms with Crippen LogP contribution in [0.15, 0.2) is 42.5 Å². The minimum atomic E-state index is -1.31. The molecule has 0 radical (unpaired) electrons. The van der Waals surface area contributed by atoms with E-state index in [2.05, 4.69) is 6.07 Å². The van der Waals surface area contributed by atoms with Gasteiger partial charge in [-0.25, -0.2) is 0 Å². The number of hydrogen-bond acceptors (Lipinski definition) is 2. The van der Waals surface area contributed by atoms with E-state index in [1.165, 1.54) is 0 Å². The molecule has 2 rings (SSSR count). The van der Waals surface area contributed by atoms with Gasteiger partial charge in [0.05, 0.1) is 0 Å². The van der Waals surface area contributed by atoms with Gasteiger partial charge >= 0.3 is 118 Å². The molecule has 0 spiro atoms. The number of benzene rings is 2. The molecule has 0 bridgehead atoms. The Labute approximate surface area is 117 Å². The summed E-state index contributed by atoms with van der Waals surface area (Å²) in [5.41, 5.74) is 3.38. The second-order valence-electron chi connectivity index (χ2n) is 3.61. The zero-order valence-corrected chi connectivity index (χ0v) is 12.5. The SMILES string of the molecule is N#Cc1ccc(-c2ccc([CH]=[Os]=[O])cc2)c(Cl)c1. The Hall–Kier alpha value is -1.47. The Bertz CT molecular complexity index is 667. The van der Waals surface area contributed by atoms with E-state index in [9.17, 15) is 3.54 Å². The van der Waals surface area contributed by atoms with Gasteiger partial charge in [-0.1, -0.05) is 0 Å². The van der Waals surface area contributed by atoms with Gasteiger partial charge in [-0.3, -0.25) is 0 Å². The van der Waals surface area contributed by atoms with Gasteiger partial charge < -0.3 is 0 Å². The molecular weight excluding hydrogens is 424 g/mol. The molecule has 0 heterocycles. The van der Waals surface area contributed by atoms with Crippen molar-refractivity contribution in [3.05, 3.63) is 58.6 Å². The molecule has 0 aromatic heterocycles. The van der Waals surface area contributed by atoms with Gasteiger partial charge in [0, 0.05) is 0 Å². The molecule has 4 heteroatoms. The van der Waals surface area contributed by atoms with Gasteiger partial charge in [0.2, 0.25) is 0 Å². The minimum absolute atomic E-state index is 0.547. The first-order valence-electron chi connectivity index (χ1n) is 5.11. The van der Waals surface area contributed by atoms with Crippen LogP contribution in [-0.4, -0.2) is 4.57 Å². The molecule has 0 amide bonds. The molecule has 0 atom stereocenters. The summed E-state index contributed by atoms with van der Waals surface area (Å²) in [5, 5.41) is 9.34. The quantitative estimate of drug-likeness (QED) is 0.730. The maximum absolute atomic E-state index is 10.6. The summed E-state index contributed by atoms with van der Waals surface area (Å²) in [5.74, 6) is 0. The third kappa shape index (κ3) is 2.85. The summed E-state index contributed by atoms with van der Waals surface area (Å²) in [7, 11) is 0. The van der Waals surface area contributed by atoms with Crippen LogP contribution in [0.4, 0.5) is 0 Å². The number of hydrogen-bond donors (Lipinski definition) is 0. The third-order valence-corrected chi connectivity index (χ3v) is 3.94. The first-order valence-corrected chi connectivity index (χ1v) is 7.99. The number of nitrogens with zero attached hydrogens (tertiary/aromatic N) is 1. The van der Waals surface area contributed by atoms with Crippen molar-refractivity contribution in [3.8, 4) is 17.2 Å². The Kier molecular flexibility index (Phi) is 4.27. The average Bonchev–Trinajstić information content (AvgIpc) is 2.40. The predicted octanol–water partition coefficient (Wildman–Crippen LogP) is 3.46. The summed E-state index contributed by atoms with van der Waals surface area (Å²) in [6, 6.07) is 15.0. The fourth-order valence-corrected chi connectivity index (χ4v) is 2.72. The third-order valence-electron chi connectivity index (χ3n) is 2.48. The van der Waals surface area contributed by atoms with Crippen LogP contribution in [0.1, 0.15) is 11.1 Å². The zero-order chi connectivity index (χ0) is 13.0. The van der Waals surface area contributed by atoms with E-state index >= 15 is 0 Å². The number of nitriles is 1. The maximum atomic E-state index is 10.6. The van der Waals surface area contributed by atoms with Crippen molar-refractivity contribution in [2.45, 2.75) is 0 Å². The topological polar surface area (TPSA) is 40.9 Å². The van der Waals surface area contributed by atoms with E-state index in [1.54, 1.807) is 16.7 Å². The van der Waals surface area contributed by atoms with E-state index in [1.807, 2.05) is 30.3 Å². The normalized spacial score (nSPS) is 9.78. The van der Waals surface area contributed by atoms with Crippen LogP contribution in [0, 0.1) is 11.3 Å². The van der Waals surface area contributed by atoms with Crippen LogP contribution in [0.25, 0.3) is 11.1 Å². The molecule has 0 aliphatic rings. The average molecular weight is 432 g/mol. The molecule has 0 aliphatic carbocycles. The number of halogens is 1. The Balaban J connectivity index is 2.43. The van der Waals surface area contributed by atoms with E-state index in [0.29, 0.717) is 10.6 Å². The Morgan fingerprint density at radius 2 is 1.89 bits per heavy atom.